The fourth-order valence-corrected chi connectivity index (χ4v) is 2.61. The van der Waals surface area contributed by atoms with Gasteiger partial charge in [0.15, 0.2) is 0 Å². The summed E-state index contributed by atoms with van der Waals surface area (Å²) in [7, 11) is 0. The Bertz CT molecular complexity index is 388. The smallest absolute Gasteiger partial charge is 0.0991 e. The molecule has 0 spiro atoms. The Labute approximate surface area is 104 Å². The molecule has 0 aromatic heterocycles. The first kappa shape index (κ1) is 12.0. The molecule has 1 N–H and O–H groups in total. The van der Waals surface area contributed by atoms with Crippen LogP contribution in [0, 0.1) is 23.2 Å². The molecule has 2 atom stereocenters. The molecule has 0 saturated heterocycles. The van der Waals surface area contributed by atoms with E-state index in [4.69, 9.17) is 5.26 Å². The Hall–Kier alpha value is -1.49. The van der Waals surface area contributed by atoms with Gasteiger partial charge in [0.2, 0.25) is 0 Å². The van der Waals surface area contributed by atoms with Crippen LogP contribution in [0.15, 0.2) is 24.3 Å². The Kier molecular flexibility index (Phi) is 4.03. The van der Waals surface area contributed by atoms with Gasteiger partial charge < -0.3 is 5.32 Å². The molecule has 1 saturated carbocycles. The monoisotopic (exact) mass is 228 g/mol. The minimum Gasteiger partial charge on any atom is -0.385 e. The van der Waals surface area contributed by atoms with Crippen molar-refractivity contribution in [2.45, 2.75) is 32.6 Å². The summed E-state index contributed by atoms with van der Waals surface area (Å²) in [5.41, 5.74) is 1.85. The molecule has 1 aliphatic carbocycles. The second-order valence-corrected chi connectivity index (χ2v) is 5.09. The van der Waals surface area contributed by atoms with E-state index in [1.807, 2.05) is 24.3 Å². The summed E-state index contributed by atoms with van der Waals surface area (Å²) in [6.07, 6.45) is 5.50. The van der Waals surface area contributed by atoms with Gasteiger partial charge in [-0.15, -0.1) is 0 Å². The lowest BCUT2D eigenvalue weighted by Crippen LogP contribution is -2.24. The van der Waals surface area contributed by atoms with Crippen LogP contribution in [-0.4, -0.2) is 6.54 Å². The highest BCUT2D eigenvalue weighted by molar-refractivity contribution is 5.47. The van der Waals surface area contributed by atoms with Crippen molar-refractivity contribution in [1.29, 1.82) is 5.26 Å². The predicted molar refractivity (Wildman–Crippen MR) is 70.8 cm³/mol. The van der Waals surface area contributed by atoms with Crippen LogP contribution in [0.5, 0.6) is 0 Å². The Morgan fingerprint density at radius 1 is 1.24 bits per heavy atom. The summed E-state index contributed by atoms with van der Waals surface area (Å²) in [6, 6.07) is 9.86. The molecule has 2 nitrogen and oxygen atoms in total. The van der Waals surface area contributed by atoms with Gasteiger partial charge in [-0.05, 0) is 42.5 Å². The lowest BCUT2D eigenvalue weighted by Gasteiger charge is -2.29. The molecule has 0 amide bonds. The van der Waals surface area contributed by atoms with Gasteiger partial charge in [-0.3, -0.25) is 0 Å². The number of hydrogen-bond donors (Lipinski definition) is 1. The second-order valence-electron chi connectivity index (χ2n) is 5.09. The fraction of sp³-hybridized carbons (Fsp3) is 0.533. The number of benzene rings is 1. The molecule has 2 unspecified atom stereocenters. The fourth-order valence-electron chi connectivity index (χ4n) is 2.61. The summed E-state index contributed by atoms with van der Waals surface area (Å²) >= 11 is 0. The summed E-state index contributed by atoms with van der Waals surface area (Å²) in [5.74, 6) is 1.65. The van der Waals surface area contributed by atoms with E-state index in [2.05, 4.69) is 18.3 Å². The van der Waals surface area contributed by atoms with Crippen LogP contribution in [0.25, 0.3) is 0 Å². The summed E-state index contributed by atoms with van der Waals surface area (Å²) in [5, 5.41) is 12.2. The van der Waals surface area contributed by atoms with Crippen LogP contribution < -0.4 is 5.32 Å². The molecule has 0 aliphatic heterocycles. The highest BCUT2D eigenvalue weighted by Crippen LogP contribution is 2.29. The average Bonchev–Trinajstić information content (AvgIpc) is 2.38. The molecule has 1 aromatic rings. The van der Waals surface area contributed by atoms with Crippen molar-refractivity contribution in [2.24, 2.45) is 11.8 Å². The molecule has 1 aliphatic rings. The Morgan fingerprint density at radius 2 is 1.94 bits per heavy atom. The molecule has 17 heavy (non-hydrogen) atoms. The van der Waals surface area contributed by atoms with E-state index in [-0.39, 0.29) is 0 Å². The summed E-state index contributed by atoms with van der Waals surface area (Å²) in [6.45, 7) is 3.43. The van der Waals surface area contributed by atoms with Crippen molar-refractivity contribution >= 4 is 5.69 Å². The van der Waals surface area contributed by atoms with E-state index in [9.17, 15) is 0 Å². The Morgan fingerprint density at radius 3 is 2.59 bits per heavy atom. The zero-order chi connectivity index (χ0) is 12.1. The first-order chi connectivity index (χ1) is 8.29. The summed E-state index contributed by atoms with van der Waals surface area (Å²) < 4.78 is 0. The van der Waals surface area contributed by atoms with Crippen LogP contribution in [0.3, 0.4) is 0 Å². The standard InChI is InChI=1S/C15H20N2/c1-12-4-2-3-5-14(12)11-17-15-8-6-13(10-16)7-9-15/h6-9,12,14,17H,2-5,11H2,1H3. The molecule has 2 rings (SSSR count). The van der Waals surface area contributed by atoms with Crippen LogP contribution in [-0.2, 0) is 0 Å². The van der Waals surface area contributed by atoms with E-state index < -0.39 is 0 Å². The van der Waals surface area contributed by atoms with Gasteiger partial charge >= 0.3 is 0 Å². The Balaban J connectivity index is 1.86. The average molecular weight is 228 g/mol. The van der Waals surface area contributed by atoms with Crippen LogP contribution >= 0.6 is 0 Å². The van der Waals surface area contributed by atoms with Gasteiger partial charge in [0.25, 0.3) is 0 Å². The van der Waals surface area contributed by atoms with Crippen molar-refractivity contribution in [3.63, 3.8) is 0 Å². The summed E-state index contributed by atoms with van der Waals surface area (Å²) in [4.78, 5) is 0. The van der Waals surface area contributed by atoms with E-state index in [1.54, 1.807) is 0 Å². The van der Waals surface area contributed by atoms with Crippen LogP contribution in [0.2, 0.25) is 0 Å². The molecule has 0 radical (unpaired) electrons. The van der Waals surface area contributed by atoms with Crippen molar-refractivity contribution in [3.05, 3.63) is 29.8 Å². The van der Waals surface area contributed by atoms with Gasteiger partial charge in [-0.1, -0.05) is 26.2 Å². The second kappa shape index (κ2) is 5.72. The van der Waals surface area contributed by atoms with E-state index in [0.717, 1.165) is 29.6 Å². The minimum atomic E-state index is 0.724. The molecule has 0 bridgehead atoms. The van der Waals surface area contributed by atoms with Gasteiger partial charge in [-0.2, -0.15) is 5.26 Å². The molecule has 1 fully saturated rings. The maximum atomic E-state index is 8.73. The first-order valence-corrected chi connectivity index (χ1v) is 6.53. The highest BCUT2D eigenvalue weighted by Gasteiger charge is 2.20. The molecule has 0 heterocycles. The molecule has 2 heteroatoms. The molecular weight excluding hydrogens is 208 g/mol. The van der Waals surface area contributed by atoms with Gasteiger partial charge in [0, 0.05) is 12.2 Å². The maximum absolute atomic E-state index is 8.73. The SMILES string of the molecule is CC1CCCCC1CNc1ccc(C#N)cc1. The molecular formula is C15H20N2. The van der Waals surface area contributed by atoms with Crippen molar-refractivity contribution < 1.29 is 0 Å². The predicted octanol–water partition coefficient (Wildman–Crippen LogP) is 3.80. The normalized spacial score (nSPS) is 24.0. The van der Waals surface area contributed by atoms with E-state index in [1.165, 1.54) is 25.7 Å². The highest BCUT2D eigenvalue weighted by atomic mass is 14.9. The third-order valence-electron chi connectivity index (χ3n) is 3.87. The van der Waals surface area contributed by atoms with Crippen LogP contribution in [0.4, 0.5) is 5.69 Å². The van der Waals surface area contributed by atoms with Gasteiger partial charge in [0.05, 0.1) is 11.6 Å². The van der Waals surface area contributed by atoms with Crippen molar-refractivity contribution in [3.8, 4) is 6.07 Å². The molecule has 90 valence electrons. The number of nitrogens with zero attached hydrogens (tertiary/aromatic N) is 1. The quantitative estimate of drug-likeness (QED) is 0.854. The number of hydrogen-bond acceptors (Lipinski definition) is 2. The largest absolute Gasteiger partial charge is 0.385 e. The molecule has 1 aromatic carbocycles. The lowest BCUT2D eigenvalue weighted by atomic mass is 9.80. The van der Waals surface area contributed by atoms with Crippen molar-refractivity contribution in [2.75, 3.05) is 11.9 Å². The third kappa shape index (κ3) is 3.23. The number of anilines is 1. The number of nitrogens with one attached hydrogen (secondary N) is 1. The van der Waals surface area contributed by atoms with Gasteiger partial charge in [0.1, 0.15) is 0 Å². The lowest BCUT2D eigenvalue weighted by molar-refractivity contribution is 0.268. The van der Waals surface area contributed by atoms with Crippen LogP contribution in [0.1, 0.15) is 38.2 Å². The topological polar surface area (TPSA) is 35.8 Å². The minimum absolute atomic E-state index is 0.724. The zero-order valence-electron chi connectivity index (χ0n) is 10.4. The van der Waals surface area contributed by atoms with E-state index >= 15 is 0 Å². The van der Waals surface area contributed by atoms with E-state index in [0.29, 0.717) is 0 Å². The van der Waals surface area contributed by atoms with Crippen molar-refractivity contribution in [1.82, 2.24) is 0 Å². The first-order valence-electron chi connectivity index (χ1n) is 6.53. The number of rotatable bonds is 3. The third-order valence-corrected chi connectivity index (χ3v) is 3.87. The van der Waals surface area contributed by atoms with Gasteiger partial charge in [-0.25, -0.2) is 0 Å². The maximum Gasteiger partial charge on any atom is 0.0991 e. The number of nitriles is 1. The zero-order valence-corrected chi connectivity index (χ0v) is 10.4.